The molecule has 0 aliphatic rings. The van der Waals surface area contributed by atoms with Crippen molar-refractivity contribution in [2.45, 2.75) is 26.4 Å². The van der Waals surface area contributed by atoms with Gasteiger partial charge in [-0.3, -0.25) is 0 Å². The summed E-state index contributed by atoms with van der Waals surface area (Å²) < 4.78 is 5.84. The minimum atomic E-state index is 0.119. The quantitative estimate of drug-likeness (QED) is 0.581. The smallest absolute Gasteiger partial charge is 0.170 e. The number of anilines is 1. The van der Waals surface area contributed by atoms with E-state index in [2.05, 4.69) is 42.7 Å². The van der Waals surface area contributed by atoms with Gasteiger partial charge in [0.15, 0.2) is 5.11 Å². The van der Waals surface area contributed by atoms with E-state index in [1.807, 2.05) is 36.4 Å². The van der Waals surface area contributed by atoms with Crippen molar-refractivity contribution < 1.29 is 4.74 Å². The molecule has 2 rings (SSSR count). The summed E-state index contributed by atoms with van der Waals surface area (Å²) in [6.07, 6.45) is 1.03. The Labute approximate surface area is 144 Å². The van der Waals surface area contributed by atoms with Gasteiger partial charge in [-0.25, -0.2) is 0 Å². The number of aryl methyl sites for hydroxylation is 1. The molecule has 0 spiro atoms. The van der Waals surface area contributed by atoms with Crippen LogP contribution in [0.1, 0.15) is 30.6 Å². The Morgan fingerprint density at radius 2 is 1.78 bits per heavy atom. The molecule has 0 saturated heterocycles. The van der Waals surface area contributed by atoms with Gasteiger partial charge in [0.25, 0.3) is 0 Å². The van der Waals surface area contributed by atoms with Gasteiger partial charge in [-0.2, -0.15) is 0 Å². The lowest BCUT2D eigenvalue weighted by atomic mass is 10.1. The van der Waals surface area contributed by atoms with Gasteiger partial charge in [0.05, 0.1) is 6.10 Å². The average molecular weight is 328 g/mol. The molecule has 0 radical (unpaired) electrons. The van der Waals surface area contributed by atoms with E-state index in [1.165, 1.54) is 11.1 Å². The molecule has 2 aromatic carbocycles. The maximum atomic E-state index is 5.84. The van der Waals surface area contributed by atoms with Crippen LogP contribution in [0.25, 0.3) is 0 Å². The maximum Gasteiger partial charge on any atom is 0.170 e. The third-order valence-electron chi connectivity index (χ3n) is 3.64. The molecule has 122 valence electrons. The number of hydrogen-bond acceptors (Lipinski definition) is 2. The first kappa shape index (κ1) is 17.4. The SMILES string of the molecule is Cc1ccccc1NC(=S)NCCCO[C@H](C)c1ccccc1. The largest absolute Gasteiger partial charge is 0.374 e. The number of hydrogen-bond donors (Lipinski definition) is 2. The standard InChI is InChI=1S/C19H24N2OS/c1-15-9-6-7-12-18(15)21-19(23)20-13-8-14-22-16(2)17-10-4-3-5-11-17/h3-7,9-12,16H,8,13-14H2,1-2H3,(H2,20,21,23)/t16-/m1/s1. The zero-order valence-electron chi connectivity index (χ0n) is 13.7. The van der Waals surface area contributed by atoms with Gasteiger partial charge in [0.2, 0.25) is 0 Å². The number of para-hydroxylation sites is 1. The molecule has 3 nitrogen and oxygen atoms in total. The topological polar surface area (TPSA) is 33.3 Å². The first-order valence-electron chi connectivity index (χ1n) is 7.94. The van der Waals surface area contributed by atoms with Crippen molar-refractivity contribution in [3.63, 3.8) is 0 Å². The number of rotatable bonds is 7. The minimum absolute atomic E-state index is 0.119. The minimum Gasteiger partial charge on any atom is -0.374 e. The first-order chi connectivity index (χ1) is 11.2. The van der Waals surface area contributed by atoms with Gasteiger partial charge in [-0.05, 0) is 49.7 Å². The van der Waals surface area contributed by atoms with Gasteiger partial charge in [-0.1, -0.05) is 48.5 Å². The fourth-order valence-corrected chi connectivity index (χ4v) is 2.45. The summed E-state index contributed by atoms with van der Waals surface area (Å²) in [5.41, 5.74) is 3.42. The van der Waals surface area contributed by atoms with Crippen LogP contribution >= 0.6 is 12.2 Å². The molecule has 1 atom stereocenters. The summed E-state index contributed by atoms with van der Waals surface area (Å²) >= 11 is 5.31. The summed E-state index contributed by atoms with van der Waals surface area (Å²) in [5.74, 6) is 0. The highest BCUT2D eigenvalue weighted by atomic mass is 32.1. The van der Waals surface area contributed by atoms with Crippen LogP contribution in [0.5, 0.6) is 0 Å². The summed E-state index contributed by atoms with van der Waals surface area (Å²) in [4.78, 5) is 0. The lowest BCUT2D eigenvalue weighted by Crippen LogP contribution is -2.30. The highest BCUT2D eigenvalue weighted by Crippen LogP contribution is 2.16. The maximum absolute atomic E-state index is 5.84. The lowest BCUT2D eigenvalue weighted by molar-refractivity contribution is 0.0646. The van der Waals surface area contributed by atoms with Gasteiger partial charge in [-0.15, -0.1) is 0 Å². The lowest BCUT2D eigenvalue weighted by Gasteiger charge is -2.15. The molecule has 0 heterocycles. The Morgan fingerprint density at radius 1 is 1.09 bits per heavy atom. The molecule has 23 heavy (non-hydrogen) atoms. The predicted octanol–water partition coefficient (Wildman–Crippen LogP) is 4.45. The highest BCUT2D eigenvalue weighted by Gasteiger charge is 2.04. The van der Waals surface area contributed by atoms with Crippen LogP contribution < -0.4 is 10.6 Å². The van der Waals surface area contributed by atoms with Crippen molar-refractivity contribution in [2.24, 2.45) is 0 Å². The van der Waals surface area contributed by atoms with E-state index in [1.54, 1.807) is 0 Å². The van der Waals surface area contributed by atoms with Crippen LogP contribution in [0.4, 0.5) is 5.69 Å². The molecule has 0 aliphatic heterocycles. The molecule has 0 unspecified atom stereocenters. The second-order valence-corrected chi connectivity index (χ2v) is 5.88. The van der Waals surface area contributed by atoms with E-state index < -0.39 is 0 Å². The van der Waals surface area contributed by atoms with E-state index in [9.17, 15) is 0 Å². The summed E-state index contributed by atoms with van der Waals surface area (Å²) in [7, 11) is 0. The molecule has 0 bridgehead atoms. The van der Waals surface area contributed by atoms with E-state index in [0.717, 1.165) is 18.7 Å². The van der Waals surface area contributed by atoms with Gasteiger partial charge >= 0.3 is 0 Å². The molecule has 2 aromatic rings. The van der Waals surface area contributed by atoms with Crippen LogP contribution in [0.2, 0.25) is 0 Å². The van der Waals surface area contributed by atoms with Crippen LogP contribution in [-0.4, -0.2) is 18.3 Å². The van der Waals surface area contributed by atoms with Crippen LogP contribution in [0, 0.1) is 6.92 Å². The number of benzene rings is 2. The fraction of sp³-hybridized carbons (Fsp3) is 0.316. The molecule has 0 aliphatic carbocycles. The summed E-state index contributed by atoms with van der Waals surface area (Å²) in [6.45, 7) is 5.63. The predicted molar refractivity (Wildman–Crippen MR) is 101 cm³/mol. The van der Waals surface area contributed by atoms with Crippen molar-refractivity contribution in [1.82, 2.24) is 5.32 Å². The third-order valence-corrected chi connectivity index (χ3v) is 3.88. The van der Waals surface area contributed by atoms with Crippen molar-refractivity contribution in [3.05, 3.63) is 65.7 Å². The molecule has 0 amide bonds. The van der Waals surface area contributed by atoms with E-state index >= 15 is 0 Å². The Balaban J connectivity index is 1.62. The Bertz CT molecular complexity index is 616. The molecule has 4 heteroatoms. The Morgan fingerprint density at radius 3 is 2.52 bits per heavy atom. The third kappa shape index (κ3) is 6.00. The van der Waals surface area contributed by atoms with Crippen LogP contribution in [-0.2, 0) is 4.74 Å². The van der Waals surface area contributed by atoms with Gasteiger partial charge < -0.3 is 15.4 Å². The normalized spacial score (nSPS) is 11.7. The van der Waals surface area contributed by atoms with Crippen LogP contribution in [0.3, 0.4) is 0 Å². The highest BCUT2D eigenvalue weighted by molar-refractivity contribution is 7.80. The second-order valence-electron chi connectivity index (χ2n) is 5.47. The van der Waals surface area contributed by atoms with E-state index in [-0.39, 0.29) is 6.10 Å². The van der Waals surface area contributed by atoms with Crippen molar-refractivity contribution >= 4 is 23.0 Å². The van der Waals surface area contributed by atoms with Crippen molar-refractivity contribution in [1.29, 1.82) is 0 Å². The Hall–Kier alpha value is -1.91. The fourth-order valence-electron chi connectivity index (χ4n) is 2.23. The van der Waals surface area contributed by atoms with Crippen molar-refractivity contribution in [3.8, 4) is 0 Å². The number of ether oxygens (including phenoxy) is 1. The summed E-state index contributed by atoms with van der Waals surface area (Å²) in [5, 5.41) is 7.08. The Kier molecular flexibility index (Phi) is 7.04. The first-order valence-corrected chi connectivity index (χ1v) is 8.34. The van der Waals surface area contributed by atoms with E-state index in [0.29, 0.717) is 11.7 Å². The molecule has 2 N–H and O–H groups in total. The molecular formula is C19H24N2OS. The van der Waals surface area contributed by atoms with E-state index in [4.69, 9.17) is 17.0 Å². The van der Waals surface area contributed by atoms with Crippen molar-refractivity contribution in [2.75, 3.05) is 18.5 Å². The molecule has 0 aromatic heterocycles. The van der Waals surface area contributed by atoms with Crippen LogP contribution in [0.15, 0.2) is 54.6 Å². The zero-order chi connectivity index (χ0) is 16.5. The zero-order valence-corrected chi connectivity index (χ0v) is 14.5. The van der Waals surface area contributed by atoms with Gasteiger partial charge in [0, 0.05) is 18.8 Å². The van der Waals surface area contributed by atoms with Gasteiger partial charge in [0.1, 0.15) is 0 Å². The second kappa shape index (κ2) is 9.28. The number of nitrogens with one attached hydrogen (secondary N) is 2. The summed E-state index contributed by atoms with van der Waals surface area (Å²) in [6, 6.07) is 18.4. The number of thiocarbonyl (C=S) groups is 1. The monoisotopic (exact) mass is 328 g/mol. The molecular weight excluding hydrogens is 304 g/mol. The average Bonchev–Trinajstić information content (AvgIpc) is 2.57. The molecule has 0 fully saturated rings. The molecule has 0 saturated carbocycles.